The monoisotopic (exact) mass is 262 g/mol. The number of nitriles is 1. The van der Waals surface area contributed by atoms with Gasteiger partial charge in [0.1, 0.15) is 18.4 Å². The standard InChI is InChI=1S/C11H10N4O4/c1-2-5-14(7-11(16)17)10-4-3-9(15(18)19)8(6-12)13-10/h2-4H,1,5,7H2,(H,16,17). The van der Waals surface area contributed by atoms with Crippen LogP contribution in [0.2, 0.25) is 0 Å². The van der Waals surface area contributed by atoms with Crippen LogP contribution in [0.3, 0.4) is 0 Å². The largest absolute Gasteiger partial charge is 0.480 e. The third-order valence-corrected chi connectivity index (χ3v) is 2.16. The highest BCUT2D eigenvalue weighted by molar-refractivity contribution is 5.73. The molecule has 1 heterocycles. The molecule has 0 aliphatic heterocycles. The van der Waals surface area contributed by atoms with E-state index in [9.17, 15) is 14.9 Å². The van der Waals surface area contributed by atoms with Crippen molar-refractivity contribution in [2.75, 3.05) is 18.0 Å². The van der Waals surface area contributed by atoms with Gasteiger partial charge >= 0.3 is 11.7 Å². The molecule has 8 heteroatoms. The number of nitrogens with zero attached hydrogens (tertiary/aromatic N) is 4. The summed E-state index contributed by atoms with van der Waals surface area (Å²) in [4.78, 5) is 25.8. The van der Waals surface area contributed by atoms with Gasteiger partial charge in [0.05, 0.1) is 4.92 Å². The van der Waals surface area contributed by atoms with Crippen molar-refractivity contribution >= 4 is 17.5 Å². The first-order chi connectivity index (χ1) is 8.99. The fourth-order valence-electron chi connectivity index (χ4n) is 1.41. The number of rotatable bonds is 6. The highest BCUT2D eigenvalue weighted by Gasteiger charge is 2.18. The van der Waals surface area contributed by atoms with E-state index in [-0.39, 0.29) is 24.6 Å². The molecule has 0 unspecified atom stereocenters. The third-order valence-electron chi connectivity index (χ3n) is 2.16. The first-order valence-electron chi connectivity index (χ1n) is 5.12. The van der Waals surface area contributed by atoms with E-state index in [4.69, 9.17) is 10.4 Å². The number of pyridine rings is 1. The molecule has 1 aromatic heterocycles. The lowest BCUT2D eigenvalue weighted by atomic mass is 10.3. The lowest BCUT2D eigenvalue weighted by Crippen LogP contribution is -2.30. The fraction of sp³-hybridized carbons (Fsp3) is 0.182. The molecule has 19 heavy (non-hydrogen) atoms. The summed E-state index contributed by atoms with van der Waals surface area (Å²) in [5.41, 5.74) is -0.776. The van der Waals surface area contributed by atoms with E-state index in [0.29, 0.717) is 0 Å². The maximum atomic E-state index is 10.7. The number of nitro groups is 1. The van der Waals surface area contributed by atoms with Crippen molar-refractivity contribution in [3.63, 3.8) is 0 Å². The van der Waals surface area contributed by atoms with Gasteiger partial charge in [0.25, 0.3) is 0 Å². The summed E-state index contributed by atoms with van der Waals surface area (Å²) in [6.45, 7) is 3.34. The molecular formula is C11H10N4O4. The van der Waals surface area contributed by atoms with E-state index in [1.54, 1.807) is 6.07 Å². The van der Waals surface area contributed by atoms with Gasteiger partial charge in [-0.3, -0.25) is 14.9 Å². The average molecular weight is 262 g/mol. The van der Waals surface area contributed by atoms with Gasteiger partial charge in [-0.15, -0.1) is 6.58 Å². The Morgan fingerprint density at radius 2 is 2.37 bits per heavy atom. The number of hydrogen-bond donors (Lipinski definition) is 1. The molecule has 0 spiro atoms. The van der Waals surface area contributed by atoms with Gasteiger partial charge < -0.3 is 10.0 Å². The Kier molecular flexibility index (Phi) is 4.54. The molecule has 1 rings (SSSR count). The van der Waals surface area contributed by atoms with Crippen molar-refractivity contribution in [2.45, 2.75) is 0 Å². The molecule has 0 saturated carbocycles. The highest BCUT2D eigenvalue weighted by atomic mass is 16.6. The number of carboxylic acids is 1. The van der Waals surface area contributed by atoms with Gasteiger partial charge in [0.15, 0.2) is 0 Å². The minimum Gasteiger partial charge on any atom is -0.480 e. The second-order valence-electron chi connectivity index (χ2n) is 3.47. The van der Waals surface area contributed by atoms with E-state index in [1.807, 2.05) is 0 Å². The van der Waals surface area contributed by atoms with E-state index >= 15 is 0 Å². The summed E-state index contributed by atoms with van der Waals surface area (Å²) in [6, 6.07) is 4.04. The maximum Gasteiger partial charge on any atom is 0.323 e. The van der Waals surface area contributed by atoms with Crippen LogP contribution in [0.25, 0.3) is 0 Å². The molecule has 0 saturated heterocycles. The normalized spacial score (nSPS) is 9.42. The smallest absolute Gasteiger partial charge is 0.323 e. The molecule has 0 radical (unpaired) electrons. The number of aliphatic carboxylic acids is 1. The molecule has 0 atom stereocenters. The maximum absolute atomic E-state index is 10.7. The van der Waals surface area contributed by atoms with Crippen LogP contribution in [0.15, 0.2) is 24.8 Å². The average Bonchev–Trinajstić information content (AvgIpc) is 2.36. The van der Waals surface area contributed by atoms with Gasteiger partial charge in [-0.2, -0.15) is 5.26 Å². The predicted molar refractivity (Wildman–Crippen MR) is 65.7 cm³/mol. The summed E-state index contributed by atoms with van der Waals surface area (Å²) in [5, 5.41) is 28.2. The minimum absolute atomic E-state index is 0.171. The number of hydrogen-bond acceptors (Lipinski definition) is 6. The molecule has 1 aromatic rings. The predicted octanol–water partition coefficient (Wildman–Crippen LogP) is 0.938. The second kappa shape index (κ2) is 6.11. The van der Waals surface area contributed by atoms with Crippen molar-refractivity contribution in [3.8, 4) is 6.07 Å². The van der Waals surface area contributed by atoms with Gasteiger partial charge in [0.2, 0.25) is 5.69 Å². The molecule has 0 bridgehead atoms. The van der Waals surface area contributed by atoms with Gasteiger partial charge in [0, 0.05) is 12.6 Å². The van der Waals surface area contributed by atoms with Crippen LogP contribution >= 0.6 is 0 Å². The van der Waals surface area contributed by atoms with E-state index in [1.165, 1.54) is 17.0 Å². The van der Waals surface area contributed by atoms with Crippen LogP contribution in [0.4, 0.5) is 11.5 Å². The van der Waals surface area contributed by atoms with E-state index in [0.717, 1.165) is 6.07 Å². The van der Waals surface area contributed by atoms with Crippen LogP contribution < -0.4 is 4.90 Å². The molecule has 1 N–H and O–H groups in total. The molecule has 0 aliphatic rings. The summed E-state index contributed by atoms with van der Waals surface area (Å²) >= 11 is 0. The lowest BCUT2D eigenvalue weighted by Gasteiger charge is -2.19. The number of carboxylic acid groups (broad SMARTS) is 1. The molecule has 0 aromatic carbocycles. The number of carbonyl (C=O) groups is 1. The Hall–Kier alpha value is -2.95. The van der Waals surface area contributed by atoms with Crippen LogP contribution in [-0.2, 0) is 4.79 Å². The van der Waals surface area contributed by atoms with Gasteiger partial charge in [-0.1, -0.05) is 6.08 Å². The fourth-order valence-corrected chi connectivity index (χ4v) is 1.41. The third kappa shape index (κ3) is 3.50. The van der Waals surface area contributed by atoms with Crippen LogP contribution in [0.1, 0.15) is 5.69 Å². The van der Waals surface area contributed by atoms with Crippen LogP contribution in [0.5, 0.6) is 0 Å². The Balaban J connectivity index is 3.18. The van der Waals surface area contributed by atoms with Crippen molar-refractivity contribution < 1.29 is 14.8 Å². The topological polar surface area (TPSA) is 120 Å². The SMILES string of the molecule is C=CCN(CC(=O)O)c1ccc([N+](=O)[O-])c(C#N)n1. The Morgan fingerprint density at radius 1 is 1.68 bits per heavy atom. The van der Waals surface area contributed by atoms with Crippen molar-refractivity contribution in [1.29, 1.82) is 5.26 Å². The zero-order chi connectivity index (χ0) is 14.4. The van der Waals surface area contributed by atoms with Gasteiger partial charge in [-0.25, -0.2) is 4.98 Å². The van der Waals surface area contributed by atoms with Crippen molar-refractivity contribution in [1.82, 2.24) is 4.98 Å². The summed E-state index contributed by atoms with van der Waals surface area (Å²) in [5.74, 6) is -0.912. The molecule has 98 valence electrons. The minimum atomic E-state index is -1.08. The van der Waals surface area contributed by atoms with Crippen LogP contribution in [0, 0.1) is 21.4 Å². The van der Waals surface area contributed by atoms with E-state index < -0.39 is 16.6 Å². The Labute approximate surface area is 108 Å². The number of anilines is 1. The summed E-state index contributed by atoms with van der Waals surface area (Å²) in [7, 11) is 0. The van der Waals surface area contributed by atoms with Crippen molar-refractivity contribution in [3.05, 3.63) is 40.6 Å². The van der Waals surface area contributed by atoms with Gasteiger partial charge in [-0.05, 0) is 6.07 Å². The Morgan fingerprint density at radius 3 is 2.84 bits per heavy atom. The van der Waals surface area contributed by atoms with E-state index in [2.05, 4.69) is 11.6 Å². The molecule has 0 amide bonds. The first kappa shape index (κ1) is 14.1. The quantitative estimate of drug-likeness (QED) is 0.460. The lowest BCUT2D eigenvalue weighted by molar-refractivity contribution is -0.385. The molecule has 0 fully saturated rings. The summed E-state index contributed by atoms with van der Waals surface area (Å²) in [6.07, 6.45) is 1.47. The van der Waals surface area contributed by atoms with Crippen LogP contribution in [-0.4, -0.2) is 34.1 Å². The number of aromatic nitrogens is 1. The van der Waals surface area contributed by atoms with Crippen molar-refractivity contribution in [2.24, 2.45) is 0 Å². The zero-order valence-electron chi connectivity index (χ0n) is 9.81. The first-order valence-corrected chi connectivity index (χ1v) is 5.12. The Bertz CT molecular complexity index is 564. The zero-order valence-corrected chi connectivity index (χ0v) is 9.81. The molecular weight excluding hydrogens is 252 g/mol. The molecule has 8 nitrogen and oxygen atoms in total. The summed E-state index contributed by atoms with van der Waals surface area (Å²) < 4.78 is 0. The molecule has 0 aliphatic carbocycles. The highest BCUT2D eigenvalue weighted by Crippen LogP contribution is 2.20. The second-order valence-corrected chi connectivity index (χ2v) is 3.47.